The Bertz CT molecular complexity index is 546. The van der Waals surface area contributed by atoms with E-state index in [2.05, 4.69) is 15.1 Å². The Kier molecular flexibility index (Phi) is 13.2. The number of nitrogens with zero attached hydrogens (tertiary/aromatic N) is 5. The second-order valence-electron chi connectivity index (χ2n) is 2.78. The van der Waals surface area contributed by atoms with Crippen molar-refractivity contribution in [1.29, 1.82) is 0 Å². The summed E-state index contributed by atoms with van der Waals surface area (Å²) in [5.74, 6) is -1.26. The number of carboxylic acids is 1. The average Bonchev–Trinajstić information content (AvgIpc) is 2.82. The van der Waals surface area contributed by atoms with Crippen LogP contribution < -0.4 is 5.11 Å². The molecule has 12 nitrogen and oxygen atoms in total. The quantitative estimate of drug-likeness (QED) is 0.234. The van der Waals surface area contributed by atoms with Gasteiger partial charge in [0.2, 0.25) is 0 Å². The van der Waals surface area contributed by atoms with Gasteiger partial charge in [-0.2, -0.15) is 5.10 Å². The van der Waals surface area contributed by atoms with Crippen molar-refractivity contribution in [2.45, 2.75) is 0 Å². The van der Waals surface area contributed by atoms with Crippen molar-refractivity contribution in [3.8, 4) is 5.69 Å². The van der Waals surface area contributed by atoms with Crippen LogP contribution in [0.4, 0.5) is 0 Å². The molecule has 2 radical (unpaired) electrons. The Hall–Kier alpha value is -2.20. The van der Waals surface area contributed by atoms with Crippen molar-refractivity contribution >= 4 is 33.3 Å². The van der Waals surface area contributed by atoms with Gasteiger partial charge in [-0.3, -0.25) is 4.98 Å². The van der Waals surface area contributed by atoms with E-state index in [4.69, 9.17) is 15.3 Å². The fourth-order valence-corrected chi connectivity index (χ4v) is 1.01. The van der Waals surface area contributed by atoms with E-state index in [9.17, 15) is 9.90 Å². The summed E-state index contributed by atoms with van der Waals surface area (Å²) in [6, 6.07) is 1.41. The number of carbonyl (C=O) groups excluding carboxylic acids is 1. The van der Waals surface area contributed by atoms with Crippen LogP contribution in [0.5, 0.6) is 0 Å². The third-order valence-electron chi connectivity index (χ3n) is 1.64. The molecule has 2 aromatic heterocycles. The van der Waals surface area contributed by atoms with Crippen LogP contribution in [0, 0.1) is 15.3 Å². The Balaban J connectivity index is -0.000000417. The molecule has 0 spiro atoms. The van der Waals surface area contributed by atoms with Crippen molar-refractivity contribution in [1.82, 2.24) is 19.7 Å². The fraction of sp³-hybridized carbons (Fsp3) is 0. The molecular formula is C8H9N5O7Pb. The van der Waals surface area contributed by atoms with Gasteiger partial charge in [0.25, 0.3) is 0 Å². The molecule has 4 N–H and O–H groups in total. The first-order valence-corrected chi connectivity index (χ1v) is 4.33. The molecule has 0 atom stereocenters. The van der Waals surface area contributed by atoms with Crippen molar-refractivity contribution in [3.05, 3.63) is 52.0 Å². The Morgan fingerprint density at radius 2 is 1.76 bits per heavy atom. The number of aromatic nitrogens is 4. The first-order valence-electron chi connectivity index (χ1n) is 4.33. The summed E-state index contributed by atoms with van der Waals surface area (Å²) in [5, 5.41) is 29.1. The smallest absolute Gasteiger partial charge is 0.545 e. The van der Waals surface area contributed by atoms with Crippen LogP contribution in [0.1, 0.15) is 10.4 Å². The number of rotatable bonds is 2. The van der Waals surface area contributed by atoms with Crippen molar-refractivity contribution in [2.75, 3.05) is 0 Å². The minimum Gasteiger partial charge on any atom is -0.545 e. The Morgan fingerprint density at radius 3 is 2.19 bits per heavy atom. The first kappa shape index (κ1) is 23.9. The SMILES string of the molecule is O.O.O=C([O-])c1cncc(-n2cncn2)c1.O=[N+]([O-])[O-].[Pb+2]. The van der Waals surface area contributed by atoms with Gasteiger partial charge in [-0.1, -0.05) is 0 Å². The number of hydrogen-bond acceptors (Lipinski definition) is 8. The van der Waals surface area contributed by atoms with E-state index in [1.807, 2.05) is 0 Å². The van der Waals surface area contributed by atoms with Crippen LogP contribution in [0.15, 0.2) is 31.1 Å². The van der Waals surface area contributed by atoms with Crippen LogP contribution in [0.3, 0.4) is 0 Å². The molecule has 0 aromatic carbocycles. The third kappa shape index (κ3) is 8.55. The molecule has 13 heteroatoms. The number of hydrogen-bond donors (Lipinski definition) is 0. The summed E-state index contributed by atoms with van der Waals surface area (Å²) in [7, 11) is 0. The standard InChI is InChI=1S/C8H6N4O2.NO3.2H2O.Pb/c13-8(14)6-1-7(3-9-2-6)12-5-10-4-11-12;2-1(3)4;;;/h1-5H,(H,13,14);;2*1H2;/q;-1;;;+2/p-1. The van der Waals surface area contributed by atoms with Gasteiger partial charge in [-0.05, 0) is 6.07 Å². The number of carbonyl (C=O) groups is 1. The molecule has 0 fully saturated rings. The molecule has 0 unspecified atom stereocenters. The van der Waals surface area contributed by atoms with E-state index < -0.39 is 11.1 Å². The molecule has 2 heterocycles. The van der Waals surface area contributed by atoms with E-state index in [0.29, 0.717) is 5.69 Å². The molecule has 2 aromatic rings. The normalized spacial score (nSPS) is 7.81. The topological polar surface area (TPSA) is 213 Å². The Labute approximate surface area is 137 Å². The molecule has 0 bridgehead atoms. The maximum absolute atomic E-state index is 10.5. The summed E-state index contributed by atoms with van der Waals surface area (Å²) in [6.45, 7) is 0. The molecule has 2 rings (SSSR count). The van der Waals surface area contributed by atoms with Crippen LogP contribution in [0.25, 0.3) is 5.69 Å². The molecule has 21 heavy (non-hydrogen) atoms. The first-order chi connectivity index (χ1) is 8.50. The maximum atomic E-state index is 10.5. The molecule has 0 saturated carbocycles. The van der Waals surface area contributed by atoms with Gasteiger partial charge in [0.1, 0.15) is 12.7 Å². The largest absolute Gasteiger partial charge is 2.00 e. The van der Waals surface area contributed by atoms with Gasteiger partial charge < -0.3 is 36.2 Å². The molecular weight excluding hydrogens is 485 g/mol. The zero-order valence-corrected chi connectivity index (χ0v) is 14.1. The summed E-state index contributed by atoms with van der Waals surface area (Å²) in [6.07, 6.45) is 5.51. The fourth-order valence-electron chi connectivity index (χ4n) is 1.01. The second-order valence-corrected chi connectivity index (χ2v) is 2.78. The van der Waals surface area contributed by atoms with E-state index in [1.165, 1.54) is 35.8 Å². The minimum absolute atomic E-state index is 0. The molecule has 112 valence electrons. The molecule has 0 amide bonds. The number of pyridine rings is 1. The van der Waals surface area contributed by atoms with Gasteiger partial charge in [0.15, 0.2) is 0 Å². The van der Waals surface area contributed by atoms with E-state index in [1.54, 1.807) is 0 Å². The Morgan fingerprint density at radius 1 is 1.19 bits per heavy atom. The molecule has 0 aliphatic heterocycles. The maximum Gasteiger partial charge on any atom is 2.00 e. The molecule has 0 saturated heterocycles. The zero-order valence-electron chi connectivity index (χ0n) is 10.2. The summed E-state index contributed by atoms with van der Waals surface area (Å²) in [4.78, 5) is 26.3. The monoisotopic (exact) mass is 495 g/mol. The van der Waals surface area contributed by atoms with Crippen molar-refractivity contribution in [3.63, 3.8) is 0 Å². The van der Waals surface area contributed by atoms with Crippen LogP contribution in [-0.4, -0.2) is 69.1 Å². The number of carboxylic acid groups (broad SMARTS) is 1. The van der Waals surface area contributed by atoms with Gasteiger partial charge in [-0.15, -0.1) is 0 Å². The zero-order chi connectivity index (χ0) is 13.5. The van der Waals surface area contributed by atoms with E-state index >= 15 is 0 Å². The van der Waals surface area contributed by atoms with Crippen molar-refractivity contribution < 1.29 is 25.9 Å². The molecule has 0 aliphatic rings. The van der Waals surface area contributed by atoms with Crippen molar-refractivity contribution in [2.24, 2.45) is 0 Å². The third-order valence-corrected chi connectivity index (χ3v) is 1.64. The van der Waals surface area contributed by atoms with Crippen LogP contribution in [0.2, 0.25) is 0 Å². The van der Waals surface area contributed by atoms with Gasteiger partial charge in [0.05, 0.1) is 22.9 Å². The van der Waals surface area contributed by atoms with Crippen LogP contribution in [-0.2, 0) is 0 Å². The minimum atomic E-state index is -1.75. The second kappa shape index (κ2) is 11.6. The number of aromatic carboxylic acids is 1. The molecule has 0 aliphatic carbocycles. The summed E-state index contributed by atoms with van der Waals surface area (Å²) < 4.78 is 1.42. The van der Waals surface area contributed by atoms with Gasteiger partial charge >= 0.3 is 27.3 Å². The predicted molar refractivity (Wildman–Crippen MR) is 66.8 cm³/mol. The average molecular weight is 494 g/mol. The summed E-state index contributed by atoms with van der Waals surface area (Å²) >= 11 is 0. The van der Waals surface area contributed by atoms with Gasteiger partial charge in [-0.25, -0.2) is 9.67 Å². The summed E-state index contributed by atoms with van der Waals surface area (Å²) in [5.41, 5.74) is 0.544. The predicted octanol–water partition coefficient (Wildman–Crippen LogP) is -3.24. The van der Waals surface area contributed by atoms with E-state index in [0.717, 1.165) is 0 Å². The van der Waals surface area contributed by atoms with Crippen LogP contribution >= 0.6 is 0 Å². The van der Waals surface area contributed by atoms with E-state index in [-0.39, 0.29) is 43.8 Å². The van der Waals surface area contributed by atoms with Gasteiger partial charge in [0, 0.05) is 11.8 Å².